The summed E-state index contributed by atoms with van der Waals surface area (Å²) in [5.41, 5.74) is 11.3. The van der Waals surface area contributed by atoms with Crippen LogP contribution in [0.1, 0.15) is 20.7 Å². The number of anilines is 1. The quantitative estimate of drug-likeness (QED) is 0.732. The van der Waals surface area contributed by atoms with Crippen LogP contribution in [0.25, 0.3) is 5.82 Å². The molecule has 0 aliphatic heterocycles. The number of hydrogen-bond donors (Lipinski definition) is 2. The standard InChI is InChI=1S/C11H11N5O3/c1-19-11(18)7-2-9(14-4-8(7)12)16-5-6(3-15-16)10(13)17/h2-5H,12H2,1H3,(H2,13,17). The van der Waals surface area contributed by atoms with E-state index in [4.69, 9.17) is 11.5 Å². The number of carbonyl (C=O) groups excluding carboxylic acids is 2. The zero-order chi connectivity index (χ0) is 14.0. The molecule has 0 bridgehead atoms. The molecule has 0 aliphatic rings. The Morgan fingerprint density at radius 3 is 2.68 bits per heavy atom. The molecular weight excluding hydrogens is 250 g/mol. The first-order valence-corrected chi connectivity index (χ1v) is 5.21. The van der Waals surface area contributed by atoms with E-state index in [1.165, 1.54) is 36.4 Å². The minimum atomic E-state index is -0.602. The molecule has 1 amide bonds. The molecule has 98 valence electrons. The highest BCUT2D eigenvalue weighted by atomic mass is 16.5. The van der Waals surface area contributed by atoms with Crippen molar-refractivity contribution in [3.8, 4) is 5.82 Å². The number of nitrogen functional groups attached to an aromatic ring is 1. The maximum atomic E-state index is 11.5. The number of esters is 1. The van der Waals surface area contributed by atoms with E-state index in [1.807, 2.05) is 0 Å². The van der Waals surface area contributed by atoms with Crippen molar-refractivity contribution in [2.75, 3.05) is 12.8 Å². The summed E-state index contributed by atoms with van der Waals surface area (Å²) in [4.78, 5) is 26.5. The van der Waals surface area contributed by atoms with Gasteiger partial charge in [0, 0.05) is 6.20 Å². The predicted octanol–water partition coefficient (Wildman–Crippen LogP) is -0.265. The lowest BCUT2D eigenvalue weighted by Gasteiger charge is -2.06. The number of aromatic nitrogens is 3. The van der Waals surface area contributed by atoms with E-state index in [0.717, 1.165) is 0 Å². The van der Waals surface area contributed by atoms with Crippen LogP contribution in [0, 0.1) is 0 Å². The van der Waals surface area contributed by atoms with E-state index >= 15 is 0 Å². The Bertz CT molecular complexity index is 650. The molecule has 0 saturated carbocycles. The smallest absolute Gasteiger partial charge is 0.340 e. The van der Waals surface area contributed by atoms with Crippen LogP contribution in [-0.4, -0.2) is 33.8 Å². The molecule has 0 atom stereocenters. The molecule has 0 aliphatic carbocycles. The number of primary amides is 1. The van der Waals surface area contributed by atoms with E-state index < -0.39 is 11.9 Å². The lowest BCUT2D eigenvalue weighted by atomic mass is 10.2. The Morgan fingerprint density at radius 2 is 2.11 bits per heavy atom. The third-order valence-electron chi connectivity index (χ3n) is 2.43. The van der Waals surface area contributed by atoms with Crippen molar-refractivity contribution in [1.82, 2.24) is 14.8 Å². The highest BCUT2D eigenvalue weighted by Gasteiger charge is 2.13. The van der Waals surface area contributed by atoms with Crippen molar-refractivity contribution >= 4 is 17.6 Å². The van der Waals surface area contributed by atoms with E-state index in [9.17, 15) is 9.59 Å². The van der Waals surface area contributed by atoms with Crippen LogP contribution >= 0.6 is 0 Å². The molecule has 0 fully saturated rings. The van der Waals surface area contributed by atoms with Crippen molar-refractivity contribution < 1.29 is 14.3 Å². The number of nitrogens with two attached hydrogens (primary N) is 2. The zero-order valence-corrected chi connectivity index (χ0v) is 10.0. The van der Waals surface area contributed by atoms with Gasteiger partial charge in [0.15, 0.2) is 5.82 Å². The summed E-state index contributed by atoms with van der Waals surface area (Å²) in [6.07, 6.45) is 4.02. The van der Waals surface area contributed by atoms with Gasteiger partial charge in [-0.1, -0.05) is 0 Å². The van der Waals surface area contributed by atoms with Crippen molar-refractivity contribution in [1.29, 1.82) is 0 Å². The maximum absolute atomic E-state index is 11.5. The van der Waals surface area contributed by atoms with E-state index in [1.54, 1.807) is 0 Å². The molecule has 4 N–H and O–H groups in total. The summed E-state index contributed by atoms with van der Waals surface area (Å²) in [5, 5.41) is 3.92. The number of hydrogen-bond acceptors (Lipinski definition) is 6. The summed E-state index contributed by atoms with van der Waals surface area (Å²) in [6.45, 7) is 0. The van der Waals surface area contributed by atoms with E-state index in [-0.39, 0.29) is 16.8 Å². The molecule has 2 rings (SSSR count). The van der Waals surface area contributed by atoms with Crippen LogP contribution in [0.15, 0.2) is 24.7 Å². The van der Waals surface area contributed by atoms with Gasteiger partial charge in [0.1, 0.15) is 0 Å². The second kappa shape index (κ2) is 4.77. The van der Waals surface area contributed by atoms with Crippen LogP contribution < -0.4 is 11.5 Å². The Balaban J connectivity index is 2.45. The van der Waals surface area contributed by atoms with Gasteiger partial charge in [-0.2, -0.15) is 5.10 Å². The average Bonchev–Trinajstić information content (AvgIpc) is 2.88. The molecule has 0 unspecified atom stereocenters. The fourth-order valence-corrected chi connectivity index (χ4v) is 1.44. The maximum Gasteiger partial charge on any atom is 0.340 e. The van der Waals surface area contributed by atoms with Crippen molar-refractivity contribution in [3.05, 3.63) is 35.8 Å². The largest absolute Gasteiger partial charge is 0.465 e. The number of ether oxygens (including phenoxy) is 1. The van der Waals surface area contributed by atoms with Gasteiger partial charge in [-0.15, -0.1) is 0 Å². The monoisotopic (exact) mass is 261 g/mol. The molecule has 0 saturated heterocycles. The molecular formula is C11H11N5O3. The first kappa shape index (κ1) is 12.6. The summed E-state index contributed by atoms with van der Waals surface area (Å²) in [7, 11) is 1.25. The molecule has 0 radical (unpaired) electrons. The first-order chi connectivity index (χ1) is 9.02. The van der Waals surface area contributed by atoms with Crippen molar-refractivity contribution in [2.45, 2.75) is 0 Å². The Kier molecular flexibility index (Phi) is 3.15. The fourth-order valence-electron chi connectivity index (χ4n) is 1.44. The van der Waals surface area contributed by atoms with Crippen molar-refractivity contribution in [3.63, 3.8) is 0 Å². The summed E-state index contributed by atoms with van der Waals surface area (Å²) in [5.74, 6) is -0.861. The van der Waals surface area contributed by atoms with Gasteiger partial charge in [0.2, 0.25) is 0 Å². The molecule has 8 nitrogen and oxygen atoms in total. The topological polar surface area (TPSA) is 126 Å². The van der Waals surface area contributed by atoms with E-state index in [0.29, 0.717) is 5.82 Å². The summed E-state index contributed by atoms with van der Waals surface area (Å²) < 4.78 is 5.91. The number of carbonyl (C=O) groups is 2. The van der Waals surface area contributed by atoms with Crippen LogP contribution in [-0.2, 0) is 4.74 Å². The average molecular weight is 261 g/mol. The van der Waals surface area contributed by atoms with Crippen LogP contribution in [0.3, 0.4) is 0 Å². The van der Waals surface area contributed by atoms with Gasteiger partial charge in [0.25, 0.3) is 5.91 Å². The second-order valence-electron chi connectivity index (χ2n) is 3.66. The van der Waals surface area contributed by atoms with Crippen molar-refractivity contribution in [2.24, 2.45) is 5.73 Å². The lowest BCUT2D eigenvalue weighted by molar-refractivity contribution is 0.0601. The highest BCUT2D eigenvalue weighted by molar-refractivity contribution is 5.95. The highest BCUT2D eigenvalue weighted by Crippen LogP contribution is 2.15. The van der Waals surface area contributed by atoms with Gasteiger partial charge >= 0.3 is 5.97 Å². The van der Waals surface area contributed by atoms with E-state index in [2.05, 4.69) is 14.8 Å². The van der Waals surface area contributed by atoms with Crippen LogP contribution in [0.2, 0.25) is 0 Å². The van der Waals surface area contributed by atoms with Crippen LogP contribution in [0.4, 0.5) is 5.69 Å². The van der Waals surface area contributed by atoms with Crippen LogP contribution in [0.5, 0.6) is 0 Å². The minimum Gasteiger partial charge on any atom is -0.465 e. The number of amides is 1. The summed E-state index contributed by atoms with van der Waals surface area (Å²) in [6, 6.07) is 1.42. The molecule has 2 aromatic heterocycles. The second-order valence-corrected chi connectivity index (χ2v) is 3.66. The molecule has 2 aromatic rings. The van der Waals surface area contributed by atoms with Gasteiger partial charge in [-0.3, -0.25) is 4.79 Å². The normalized spacial score (nSPS) is 10.2. The molecule has 0 aromatic carbocycles. The third kappa shape index (κ3) is 2.37. The number of nitrogens with zero attached hydrogens (tertiary/aromatic N) is 3. The Morgan fingerprint density at radius 1 is 1.37 bits per heavy atom. The SMILES string of the molecule is COC(=O)c1cc(-n2cc(C(N)=O)cn2)ncc1N. The minimum absolute atomic E-state index is 0.170. The zero-order valence-electron chi connectivity index (χ0n) is 10.0. The first-order valence-electron chi connectivity index (χ1n) is 5.21. The number of rotatable bonds is 3. The van der Waals surface area contributed by atoms with Gasteiger partial charge in [-0.05, 0) is 6.07 Å². The number of pyridine rings is 1. The lowest BCUT2D eigenvalue weighted by Crippen LogP contribution is -2.10. The molecule has 0 spiro atoms. The molecule has 8 heteroatoms. The Labute approximate surface area is 108 Å². The van der Waals surface area contributed by atoms with Gasteiger partial charge in [0.05, 0.1) is 36.3 Å². The van der Waals surface area contributed by atoms with Gasteiger partial charge < -0.3 is 16.2 Å². The predicted molar refractivity (Wildman–Crippen MR) is 65.6 cm³/mol. The third-order valence-corrected chi connectivity index (χ3v) is 2.43. The summed E-state index contributed by atoms with van der Waals surface area (Å²) >= 11 is 0. The Hall–Kier alpha value is -2.90. The fraction of sp³-hybridized carbons (Fsp3) is 0.0909. The van der Waals surface area contributed by atoms with Gasteiger partial charge in [-0.25, -0.2) is 14.5 Å². The molecule has 19 heavy (non-hydrogen) atoms. The molecule has 2 heterocycles. The number of methoxy groups -OCH3 is 1.